The summed E-state index contributed by atoms with van der Waals surface area (Å²) in [6.45, 7) is 6.39. The van der Waals surface area contributed by atoms with E-state index in [2.05, 4.69) is 4.90 Å². The highest BCUT2D eigenvalue weighted by Gasteiger charge is 2.28. The monoisotopic (exact) mass is 361 g/mol. The first-order valence-corrected chi connectivity index (χ1v) is 8.17. The number of hydrogen-bond acceptors (Lipinski definition) is 3. The summed E-state index contributed by atoms with van der Waals surface area (Å²) in [5, 5.41) is 0. The average Bonchev–Trinajstić information content (AvgIpc) is 2.54. The molecule has 4 nitrogen and oxygen atoms in total. The van der Waals surface area contributed by atoms with E-state index >= 15 is 0 Å². The standard InChI is InChI=1S/C17H25F2N3O.ClH/c1-3-4-16(20)17(23)22-9-7-21(8-10-22)12(2)14-6-5-13(18)11-15(14)19;/h5-6,11-12,16H,3-4,7-10,20H2,1-2H3;1H. The maximum Gasteiger partial charge on any atom is 0.239 e. The third kappa shape index (κ3) is 4.88. The van der Waals surface area contributed by atoms with Gasteiger partial charge in [0, 0.05) is 43.9 Å². The molecule has 1 aromatic rings. The summed E-state index contributed by atoms with van der Waals surface area (Å²) >= 11 is 0. The number of rotatable bonds is 5. The van der Waals surface area contributed by atoms with Crippen molar-refractivity contribution in [2.75, 3.05) is 26.2 Å². The Morgan fingerprint density at radius 1 is 1.25 bits per heavy atom. The number of piperazine rings is 1. The molecule has 1 heterocycles. The number of hydrogen-bond donors (Lipinski definition) is 1. The van der Waals surface area contributed by atoms with Crippen LogP contribution in [0.3, 0.4) is 0 Å². The van der Waals surface area contributed by atoms with Crippen molar-refractivity contribution >= 4 is 18.3 Å². The zero-order valence-corrected chi connectivity index (χ0v) is 15.0. The number of amides is 1. The second-order valence-electron chi connectivity index (χ2n) is 6.10. The van der Waals surface area contributed by atoms with Gasteiger partial charge in [-0.1, -0.05) is 19.4 Å². The zero-order chi connectivity index (χ0) is 17.0. The molecule has 1 aromatic carbocycles. The molecule has 0 saturated carbocycles. The van der Waals surface area contributed by atoms with Gasteiger partial charge in [0.1, 0.15) is 11.6 Å². The zero-order valence-electron chi connectivity index (χ0n) is 14.2. The van der Waals surface area contributed by atoms with Crippen molar-refractivity contribution in [1.29, 1.82) is 0 Å². The van der Waals surface area contributed by atoms with Crippen LogP contribution in [0, 0.1) is 11.6 Å². The fourth-order valence-corrected chi connectivity index (χ4v) is 3.04. The van der Waals surface area contributed by atoms with Gasteiger partial charge in [0.25, 0.3) is 0 Å². The second kappa shape index (κ2) is 9.30. The summed E-state index contributed by atoms with van der Waals surface area (Å²) in [6, 6.07) is 3.09. The van der Waals surface area contributed by atoms with E-state index in [0.29, 0.717) is 38.2 Å². The van der Waals surface area contributed by atoms with Crippen LogP contribution in [0.25, 0.3) is 0 Å². The van der Waals surface area contributed by atoms with E-state index in [9.17, 15) is 13.6 Å². The minimum Gasteiger partial charge on any atom is -0.339 e. The highest BCUT2D eigenvalue weighted by atomic mass is 35.5. The van der Waals surface area contributed by atoms with Gasteiger partial charge >= 0.3 is 0 Å². The number of carbonyl (C=O) groups excluding carboxylic acids is 1. The molecule has 1 aliphatic heterocycles. The van der Waals surface area contributed by atoms with Crippen molar-refractivity contribution in [2.45, 2.75) is 38.8 Å². The van der Waals surface area contributed by atoms with Crippen molar-refractivity contribution in [3.8, 4) is 0 Å². The van der Waals surface area contributed by atoms with Gasteiger partial charge in [-0.25, -0.2) is 8.78 Å². The molecule has 2 rings (SSSR count). The van der Waals surface area contributed by atoms with Gasteiger partial charge in [0.15, 0.2) is 0 Å². The van der Waals surface area contributed by atoms with Crippen LogP contribution in [-0.4, -0.2) is 47.9 Å². The highest BCUT2D eigenvalue weighted by Crippen LogP contribution is 2.24. The van der Waals surface area contributed by atoms with Gasteiger partial charge in [-0.2, -0.15) is 0 Å². The topological polar surface area (TPSA) is 49.6 Å². The number of nitrogens with two attached hydrogens (primary N) is 1. The molecule has 1 saturated heterocycles. The Morgan fingerprint density at radius 3 is 2.42 bits per heavy atom. The molecular weight excluding hydrogens is 336 g/mol. The molecule has 7 heteroatoms. The predicted octanol–water partition coefficient (Wildman–Crippen LogP) is 2.72. The molecule has 0 spiro atoms. The number of carbonyl (C=O) groups is 1. The van der Waals surface area contributed by atoms with Crippen molar-refractivity contribution in [3.05, 3.63) is 35.4 Å². The molecule has 1 aliphatic rings. The van der Waals surface area contributed by atoms with Crippen LogP contribution in [0.4, 0.5) is 8.78 Å². The molecular formula is C17H26ClF2N3O. The summed E-state index contributed by atoms with van der Waals surface area (Å²) in [4.78, 5) is 16.1. The molecule has 136 valence electrons. The highest BCUT2D eigenvalue weighted by molar-refractivity contribution is 5.85. The summed E-state index contributed by atoms with van der Waals surface area (Å²) in [5.41, 5.74) is 6.37. The molecule has 2 atom stereocenters. The molecule has 0 aliphatic carbocycles. The summed E-state index contributed by atoms with van der Waals surface area (Å²) in [7, 11) is 0. The first-order chi connectivity index (χ1) is 10.9. The van der Waals surface area contributed by atoms with E-state index < -0.39 is 17.7 Å². The van der Waals surface area contributed by atoms with Gasteiger partial charge in [0.05, 0.1) is 6.04 Å². The first kappa shape index (κ1) is 20.8. The largest absolute Gasteiger partial charge is 0.339 e. The molecule has 1 amide bonds. The van der Waals surface area contributed by atoms with Crippen molar-refractivity contribution < 1.29 is 13.6 Å². The van der Waals surface area contributed by atoms with E-state index in [4.69, 9.17) is 5.73 Å². The predicted molar refractivity (Wildman–Crippen MR) is 93.1 cm³/mol. The number of halogens is 3. The summed E-state index contributed by atoms with van der Waals surface area (Å²) in [5.74, 6) is -1.10. The molecule has 2 unspecified atom stereocenters. The van der Waals surface area contributed by atoms with Gasteiger partial charge in [0.2, 0.25) is 5.91 Å². The van der Waals surface area contributed by atoms with Crippen molar-refractivity contribution in [2.24, 2.45) is 5.73 Å². The quantitative estimate of drug-likeness (QED) is 0.877. The molecule has 0 radical (unpaired) electrons. The van der Waals surface area contributed by atoms with Crippen LogP contribution in [0.15, 0.2) is 18.2 Å². The fourth-order valence-electron chi connectivity index (χ4n) is 3.04. The van der Waals surface area contributed by atoms with E-state index in [0.717, 1.165) is 12.5 Å². The van der Waals surface area contributed by atoms with Crippen LogP contribution in [0.1, 0.15) is 38.3 Å². The van der Waals surface area contributed by atoms with Gasteiger partial charge < -0.3 is 10.6 Å². The molecule has 0 bridgehead atoms. The Hall–Kier alpha value is -1.24. The molecule has 1 fully saturated rings. The Morgan fingerprint density at radius 2 is 1.88 bits per heavy atom. The fraction of sp³-hybridized carbons (Fsp3) is 0.588. The van der Waals surface area contributed by atoms with E-state index in [1.165, 1.54) is 12.1 Å². The van der Waals surface area contributed by atoms with E-state index in [1.54, 1.807) is 4.90 Å². The second-order valence-corrected chi connectivity index (χ2v) is 6.10. The van der Waals surface area contributed by atoms with E-state index in [-0.39, 0.29) is 24.4 Å². The smallest absolute Gasteiger partial charge is 0.239 e. The van der Waals surface area contributed by atoms with Gasteiger partial charge in [-0.15, -0.1) is 12.4 Å². The lowest BCUT2D eigenvalue weighted by Crippen LogP contribution is -2.53. The maximum absolute atomic E-state index is 13.9. The Kier molecular flexibility index (Phi) is 8.06. The average molecular weight is 362 g/mol. The third-order valence-electron chi connectivity index (χ3n) is 4.50. The number of benzene rings is 1. The van der Waals surface area contributed by atoms with Crippen molar-refractivity contribution in [1.82, 2.24) is 9.80 Å². The summed E-state index contributed by atoms with van der Waals surface area (Å²) < 4.78 is 26.9. The lowest BCUT2D eigenvalue weighted by Gasteiger charge is -2.39. The normalized spacial score (nSPS) is 18.0. The van der Waals surface area contributed by atoms with Crippen LogP contribution in [-0.2, 0) is 4.79 Å². The number of nitrogens with zero attached hydrogens (tertiary/aromatic N) is 2. The van der Waals surface area contributed by atoms with Gasteiger partial charge in [-0.3, -0.25) is 9.69 Å². The van der Waals surface area contributed by atoms with Crippen LogP contribution >= 0.6 is 12.4 Å². The third-order valence-corrected chi connectivity index (χ3v) is 4.50. The van der Waals surface area contributed by atoms with Crippen LogP contribution in [0.2, 0.25) is 0 Å². The maximum atomic E-state index is 13.9. The minimum absolute atomic E-state index is 0. The SMILES string of the molecule is CCCC(N)C(=O)N1CCN(C(C)c2ccc(F)cc2F)CC1.Cl. The first-order valence-electron chi connectivity index (χ1n) is 8.17. The molecule has 2 N–H and O–H groups in total. The van der Waals surface area contributed by atoms with E-state index in [1.807, 2.05) is 13.8 Å². The van der Waals surface area contributed by atoms with Crippen molar-refractivity contribution in [3.63, 3.8) is 0 Å². The Balaban J connectivity index is 0.00000288. The lowest BCUT2D eigenvalue weighted by atomic mass is 10.0. The minimum atomic E-state index is -0.571. The van der Waals surface area contributed by atoms with Gasteiger partial charge in [-0.05, 0) is 19.4 Å². The lowest BCUT2D eigenvalue weighted by molar-refractivity contribution is -0.134. The van der Waals surface area contributed by atoms with Crippen LogP contribution < -0.4 is 5.73 Å². The Bertz CT molecular complexity index is 551. The molecule has 24 heavy (non-hydrogen) atoms. The molecule has 0 aromatic heterocycles. The van der Waals surface area contributed by atoms with Crippen LogP contribution in [0.5, 0.6) is 0 Å². The summed E-state index contributed by atoms with van der Waals surface area (Å²) in [6.07, 6.45) is 1.57. The Labute approximate surface area is 148 Å².